The van der Waals surface area contributed by atoms with Crippen molar-refractivity contribution < 1.29 is 9.00 Å². The number of hydrogen-bond donors (Lipinski definition) is 2. The van der Waals surface area contributed by atoms with Gasteiger partial charge in [-0.2, -0.15) is 5.10 Å². The lowest BCUT2D eigenvalue weighted by Gasteiger charge is -2.08. The van der Waals surface area contributed by atoms with E-state index in [0.717, 1.165) is 10.9 Å². The SMILES string of the molecule is CNC(=O)c1ccccc1S(=O)c1ccc2cn[nH]c2c1. The van der Waals surface area contributed by atoms with E-state index in [9.17, 15) is 9.00 Å². The van der Waals surface area contributed by atoms with E-state index < -0.39 is 10.8 Å². The highest BCUT2D eigenvalue weighted by Gasteiger charge is 2.16. The second-order valence-electron chi connectivity index (χ2n) is 4.46. The molecule has 0 aliphatic heterocycles. The molecule has 2 aromatic carbocycles. The highest BCUT2D eigenvalue weighted by molar-refractivity contribution is 7.85. The first kappa shape index (κ1) is 13.5. The van der Waals surface area contributed by atoms with Gasteiger partial charge in [-0.15, -0.1) is 0 Å². The quantitative estimate of drug-likeness (QED) is 0.777. The largest absolute Gasteiger partial charge is 0.355 e. The van der Waals surface area contributed by atoms with Crippen LogP contribution < -0.4 is 5.32 Å². The third-order valence-corrected chi connectivity index (χ3v) is 4.62. The Kier molecular flexibility index (Phi) is 3.53. The predicted octanol–water partition coefficient (Wildman–Crippen LogP) is 2.09. The van der Waals surface area contributed by atoms with Crippen molar-refractivity contribution in [3.8, 4) is 0 Å². The minimum atomic E-state index is -1.43. The van der Waals surface area contributed by atoms with Crippen LogP contribution in [0.3, 0.4) is 0 Å². The van der Waals surface area contributed by atoms with Crippen molar-refractivity contribution in [3.63, 3.8) is 0 Å². The summed E-state index contributed by atoms with van der Waals surface area (Å²) in [5, 5.41) is 10.3. The molecule has 2 N–H and O–H groups in total. The van der Waals surface area contributed by atoms with Crippen LogP contribution in [-0.2, 0) is 10.8 Å². The van der Waals surface area contributed by atoms with Gasteiger partial charge in [-0.25, -0.2) is 4.21 Å². The summed E-state index contributed by atoms with van der Waals surface area (Å²) in [6, 6.07) is 12.3. The van der Waals surface area contributed by atoms with Crippen LogP contribution in [0, 0.1) is 0 Å². The smallest absolute Gasteiger partial charge is 0.252 e. The van der Waals surface area contributed by atoms with E-state index in [-0.39, 0.29) is 5.91 Å². The van der Waals surface area contributed by atoms with Crippen molar-refractivity contribution in [3.05, 3.63) is 54.2 Å². The molecule has 5 nitrogen and oxygen atoms in total. The van der Waals surface area contributed by atoms with Gasteiger partial charge in [0.05, 0.1) is 33.0 Å². The molecule has 1 atom stereocenters. The van der Waals surface area contributed by atoms with Crippen LogP contribution in [0.1, 0.15) is 10.4 Å². The molecule has 0 aliphatic rings. The number of carbonyl (C=O) groups excluding carboxylic acids is 1. The Hall–Kier alpha value is -2.47. The zero-order valence-electron chi connectivity index (χ0n) is 11.3. The highest BCUT2D eigenvalue weighted by Crippen LogP contribution is 2.23. The Morgan fingerprint density at radius 2 is 2.05 bits per heavy atom. The molecular formula is C15H13N3O2S. The Morgan fingerprint density at radius 1 is 1.24 bits per heavy atom. The number of aromatic amines is 1. The molecule has 6 heteroatoms. The van der Waals surface area contributed by atoms with Crippen molar-refractivity contribution in [1.82, 2.24) is 15.5 Å². The van der Waals surface area contributed by atoms with E-state index in [0.29, 0.717) is 15.4 Å². The van der Waals surface area contributed by atoms with Crippen molar-refractivity contribution >= 4 is 27.6 Å². The molecule has 0 saturated heterocycles. The number of nitrogens with zero attached hydrogens (tertiary/aromatic N) is 1. The zero-order valence-corrected chi connectivity index (χ0v) is 12.1. The molecule has 3 rings (SSSR count). The van der Waals surface area contributed by atoms with Crippen molar-refractivity contribution in [2.75, 3.05) is 7.05 Å². The van der Waals surface area contributed by atoms with Crippen molar-refractivity contribution in [1.29, 1.82) is 0 Å². The summed E-state index contributed by atoms with van der Waals surface area (Å²) in [6.45, 7) is 0. The van der Waals surface area contributed by atoms with E-state index >= 15 is 0 Å². The number of nitrogens with one attached hydrogen (secondary N) is 2. The van der Waals surface area contributed by atoms with Gasteiger partial charge in [-0.05, 0) is 24.3 Å². The van der Waals surface area contributed by atoms with Crippen molar-refractivity contribution in [2.24, 2.45) is 0 Å². The van der Waals surface area contributed by atoms with Gasteiger partial charge in [0, 0.05) is 17.3 Å². The van der Waals surface area contributed by atoms with E-state index in [1.165, 1.54) is 0 Å². The van der Waals surface area contributed by atoms with Crippen LogP contribution in [-0.4, -0.2) is 27.4 Å². The fourth-order valence-electron chi connectivity index (χ4n) is 2.11. The maximum atomic E-state index is 12.7. The standard InChI is InChI=1S/C15H13N3O2S/c1-16-15(19)12-4-2-3-5-14(12)21(20)11-7-6-10-9-17-18-13(10)8-11/h2-9H,1H3,(H,16,19)(H,17,18). The predicted molar refractivity (Wildman–Crippen MR) is 80.6 cm³/mol. The Labute approximate surface area is 123 Å². The van der Waals surface area contributed by atoms with E-state index in [4.69, 9.17) is 0 Å². The fourth-order valence-corrected chi connectivity index (χ4v) is 3.34. The molecule has 0 spiro atoms. The van der Waals surface area contributed by atoms with Gasteiger partial charge >= 0.3 is 0 Å². The Balaban J connectivity index is 2.07. The summed E-state index contributed by atoms with van der Waals surface area (Å²) in [5.74, 6) is -0.249. The third kappa shape index (κ3) is 2.45. The molecule has 0 fully saturated rings. The first-order valence-corrected chi connectivity index (χ1v) is 7.51. The molecule has 1 heterocycles. The summed E-state index contributed by atoms with van der Waals surface area (Å²) in [5.41, 5.74) is 1.24. The molecule has 0 saturated carbocycles. The average Bonchev–Trinajstić information content (AvgIpc) is 3.01. The van der Waals surface area contributed by atoms with Gasteiger partial charge in [-0.3, -0.25) is 9.89 Å². The number of rotatable bonds is 3. The molecule has 1 unspecified atom stereocenters. The lowest BCUT2D eigenvalue weighted by Crippen LogP contribution is -2.19. The first-order valence-electron chi connectivity index (χ1n) is 6.36. The Morgan fingerprint density at radius 3 is 2.86 bits per heavy atom. The first-order chi connectivity index (χ1) is 10.2. The van der Waals surface area contributed by atoms with Crippen LogP contribution in [0.5, 0.6) is 0 Å². The fraction of sp³-hybridized carbons (Fsp3) is 0.0667. The lowest BCUT2D eigenvalue weighted by atomic mass is 10.2. The van der Waals surface area contributed by atoms with Gasteiger partial charge in [0.25, 0.3) is 5.91 Å². The normalized spacial score (nSPS) is 12.2. The molecule has 0 aliphatic carbocycles. The van der Waals surface area contributed by atoms with Gasteiger partial charge in [0.15, 0.2) is 0 Å². The van der Waals surface area contributed by atoms with E-state index in [1.54, 1.807) is 49.6 Å². The van der Waals surface area contributed by atoms with Crippen LogP contribution >= 0.6 is 0 Å². The highest BCUT2D eigenvalue weighted by atomic mass is 32.2. The summed E-state index contributed by atoms with van der Waals surface area (Å²) in [4.78, 5) is 13.0. The number of aromatic nitrogens is 2. The summed E-state index contributed by atoms with van der Waals surface area (Å²) in [7, 11) is 0.125. The van der Waals surface area contributed by atoms with Gasteiger partial charge in [0.1, 0.15) is 0 Å². The lowest BCUT2D eigenvalue weighted by molar-refractivity contribution is 0.0960. The number of H-pyrrole nitrogens is 1. The monoisotopic (exact) mass is 299 g/mol. The van der Waals surface area contributed by atoms with Gasteiger partial charge in [-0.1, -0.05) is 18.2 Å². The number of benzene rings is 2. The molecule has 106 valence electrons. The molecule has 1 amide bonds. The topological polar surface area (TPSA) is 74.8 Å². The maximum Gasteiger partial charge on any atom is 0.252 e. The minimum absolute atomic E-state index is 0.249. The second kappa shape index (κ2) is 5.49. The summed E-state index contributed by atoms with van der Waals surface area (Å²) >= 11 is 0. The molecule has 3 aromatic rings. The van der Waals surface area contributed by atoms with Crippen LogP contribution in [0.2, 0.25) is 0 Å². The molecule has 0 radical (unpaired) electrons. The second-order valence-corrected chi connectivity index (χ2v) is 5.91. The minimum Gasteiger partial charge on any atom is -0.355 e. The van der Waals surface area contributed by atoms with E-state index in [1.807, 2.05) is 6.07 Å². The van der Waals surface area contributed by atoms with Crippen LogP contribution in [0.4, 0.5) is 0 Å². The third-order valence-electron chi connectivity index (χ3n) is 3.19. The number of fused-ring (bicyclic) bond motifs is 1. The van der Waals surface area contributed by atoms with Gasteiger partial charge in [0.2, 0.25) is 0 Å². The van der Waals surface area contributed by atoms with Crippen LogP contribution in [0.25, 0.3) is 10.9 Å². The average molecular weight is 299 g/mol. The molecule has 0 bridgehead atoms. The molecular weight excluding hydrogens is 286 g/mol. The number of amides is 1. The van der Waals surface area contributed by atoms with Gasteiger partial charge < -0.3 is 5.32 Å². The molecule has 21 heavy (non-hydrogen) atoms. The summed E-state index contributed by atoms with van der Waals surface area (Å²) < 4.78 is 12.7. The van der Waals surface area contributed by atoms with Crippen LogP contribution in [0.15, 0.2) is 58.5 Å². The Bertz CT molecular complexity index is 842. The number of carbonyl (C=O) groups is 1. The molecule has 1 aromatic heterocycles. The maximum absolute atomic E-state index is 12.7. The van der Waals surface area contributed by atoms with Crippen molar-refractivity contribution in [2.45, 2.75) is 9.79 Å². The summed E-state index contributed by atoms with van der Waals surface area (Å²) in [6.07, 6.45) is 1.71. The number of hydrogen-bond acceptors (Lipinski definition) is 3. The van der Waals surface area contributed by atoms with E-state index in [2.05, 4.69) is 15.5 Å². The zero-order chi connectivity index (χ0) is 14.8.